The Hall–Kier alpha value is -2.14. The predicted octanol–water partition coefficient (Wildman–Crippen LogP) is 1.48. The van der Waals surface area contributed by atoms with Crippen LogP contribution in [0.5, 0.6) is 0 Å². The smallest absolute Gasteiger partial charge is 0.240 e. The first kappa shape index (κ1) is 12.9. The van der Waals surface area contributed by atoms with Crippen LogP contribution in [-0.2, 0) is 17.8 Å². The average molecular weight is 270 g/mol. The molecule has 1 amide bonds. The van der Waals surface area contributed by atoms with Gasteiger partial charge < -0.3 is 10.2 Å². The Morgan fingerprint density at radius 1 is 1.35 bits per heavy atom. The summed E-state index contributed by atoms with van der Waals surface area (Å²) in [5.41, 5.74) is 3.31. The third-order valence-electron chi connectivity index (χ3n) is 3.56. The number of nitrogens with zero attached hydrogens (tertiary/aromatic N) is 2. The maximum absolute atomic E-state index is 12.3. The van der Waals surface area contributed by atoms with Crippen LogP contribution < -0.4 is 10.2 Å². The molecule has 1 aromatic heterocycles. The number of nitrogens with one attached hydrogen (secondary N) is 2. The van der Waals surface area contributed by atoms with Crippen molar-refractivity contribution in [2.45, 2.75) is 19.4 Å². The zero-order valence-electron chi connectivity index (χ0n) is 11.3. The molecular formula is C15H18N4O. The summed E-state index contributed by atoms with van der Waals surface area (Å²) in [4.78, 5) is 14.2. The van der Waals surface area contributed by atoms with E-state index in [0.717, 1.165) is 30.8 Å². The molecule has 2 aromatic rings. The van der Waals surface area contributed by atoms with Crippen LogP contribution in [0, 0.1) is 0 Å². The summed E-state index contributed by atoms with van der Waals surface area (Å²) in [6.07, 6.45) is 3.80. The molecule has 0 unspecified atom stereocenters. The summed E-state index contributed by atoms with van der Waals surface area (Å²) in [7, 11) is 0. The van der Waals surface area contributed by atoms with Crippen molar-refractivity contribution in [3.63, 3.8) is 0 Å². The Labute approximate surface area is 118 Å². The average Bonchev–Trinajstić information content (AvgIpc) is 3.00. The van der Waals surface area contributed by atoms with Crippen molar-refractivity contribution in [1.82, 2.24) is 15.5 Å². The van der Waals surface area contributed by atoms with Gasteiger partial charge in [-0.3, -0.25) is 9.89 Å². The van der Waals surface area contributed by atoms with E-state index >= 15 is 0 Å². The van der Waals surface area contributed by atoms with Gasteiger partial charge in [-0.05, 0) is 30.5 Å². The van der Waals surface area contributed by atoms with E-state index in [1.165, 1.54) is 5.56 Å². The maximum Gasteiger partial charge on any atom is 0.240 e. The molecule has 5 heteroatoms. The van der Waals surface area contributed by atoms with Gasteiger partial charge in [0.1, 0.15) is 0 Å². The van der Waals surface area contributed by atoms with E-state index in [1.54, 1.807) is 6.20 Å². The molecule has 5 nitrogen and oxygen atoms in total. The molecule has 0 radical (unpaired) electrons. The van der Waals surface area contributed by atoms with Crippen LogP contribution in [-0.4, -0.2) is 29.2 Å². The minimum absolute atomic E-state index is 0.122. The predicted molar refractivity (Wildman–Crippen MR) is 77.4 cm³/mol. The first-order valence-electron chi connectivity index (χ1n) is 6.92. The molecule has 104 valence electrons. The van der Waals surface area contributed by atoms with Crippen molar-refractivity contribution in [3.05, 3.63) is 47.8 Å². The molecule has 0 atom stereocenters. The largest absolute Gasteiger partial charge is 0.311 e. The molecule has 2 heterocycles. The zero-order valence-corrected chi connectivity index (χ0v) is 11.3. The third-order valence-corrected chi connectivity index (χ3v) is 3.56. The number of hydrogen-bond donors (Lipinski definition) is 2. The molecule has 20 heavy (non-hydrogen) atoms. The molecule has 2 N–H and O–H groups in total. The van der Waals surface area contributed by atoms with Gasteiger partial charge in [0.25, 0.3) is 0 Å². The Balaban J connectivity index is 1.60. The molecule has 0 saturated heterocycles. The zero-order chi connectivity index (χ0) is 13.8. The summed E-state index contributed by atoms with van der Waals surface area (Å²) in [6, 6.07) is 10.0. The normalized spacial score (nSPS) is 14.1. The number of anilines is 1. The summed E-state index contributed by atoms with van der Waals surface area (Å²) < 4.78 is 0. The highest BCUT2D eigenvalue weighted by molar-refractivity contribution is 5.95. The van der Waals surface area contributed by atoms with E-state index in [2.05, 4.69) is 21.6 Å². The monoisotopic (exact) mass is 270 g/mol. The van der Waals surface area contributed by atoms with Gasteiger partial charge in [-0.2, -0.15) is 5.10 Å². The third kappa shape index (κ3) is 2.72. The van der Waals surface area contributed by atoms with Gasteiger partial charge in [0.2, 0.25) is 5.91 Å². The van der Waals surface area contributed by atoms with Crippen LogP contribution in [0.3, 0.4) is 0 Å². The molecule has 1 aromatic carbocycles. The van der Waals surface area contributed by atoms with Gasteiger partial charge in [0.15, 0.2) is 0 Å². The molecular weight excluding hydrogens is 252 g/mol. The second-order valence-electron chi connectivity index (χ2n) is 4.96. The van der Waals surface area contributed by atoms with E-state index in [4.69, 9.17) is 0 Å². The van der Waals surface area contributed by atoms with Gasteiger partial charge in [0.05, 0.1) is 6.54 Å². The second kappa shape index (κ2) is 5.88. The van der Waals surface area contributed by atoms with Crippen molar-refractivity contribution in [2.75, 3.05) is 18.0 Å². The highest BCUT2D eigenvalue weighted by Gasteiger charge is 2.21. The summed E-state index contributed by atoms with van der Waals surface area (Å²) in [5, 5.41) is 9.90. The fourth-order valence-corrected chi connectivity index (χ4v) is 2.58. The lowest BCUT2D eigenvalue weighted by atomic mass is 10.0. The van der Waals surface area contributed by atoms with Crippen molar-refractivity contribution in [3.8, 4) is 0 Å². The number of rotatable bonds is 4. The quantitative estimate of drug-likeness (QED) is 0.884. The lowest BCUT2D eigenvalue weighted by Crippen LogP contribution is -2.41. The fourth-order valence-electron chi connectivity index (χ4n) is 2.58. The standard InChI is InChI=1S/C15H18N4O/c20-15(11-16-10-13-7-8-17-18-13)19-9-3-5-12-4-1-2-6-14(12)19/h1-2,4,6-8,16H,3,5,9-11H2,(H,17,18). The van der Waals surface area contributed by atoms with E-state index in [1.807, 2.05) is 29.2 Å². The van der Waals surface area contributed by atoms with Crippen LogP contribution in [0.25, 0.3) is 0 Å². The number of para-hydroxylation sites is 1. The van der Waals surface area contributed by atoms with Crippen LogP contribution >= 0.6 is 0 Å². The molecule has 1 aliphatic heterocycles. The van der Waals surface area contributed by atoms with Gasteiger partial charge in [-0.25, -0.2) is 0 Å². The van der Waals surface area contributed by atoms with Gasteiger partial charge in [0, 0.05) is 30.7 Å². The molecule has 0 saturated carbocycles. The van der Waals surface area contributed by atoms with Crippen molar-refractivity contribution < 1.29 is 4.79 Å². The number of carbonyl (C=O) groups is 1. The van der Waals surface area contributed by atoms with Gasteiger partial charge in [-0.15, -0.1) is 0 Å². The van der Waals surface area contributed by atoms with Crippen molar-refractivity contribution in [1.29, 1.82) is 0 Å². The van der Waals surface area contributed by atoms with E-state index in [9.17, 15) is 4.79 Å². The number of fused-ring (bicyclic) bond motifs is 1. The Kier molecular flexibility index (Phi) is 3.78. The van der Waals surface area contributed by atoms with Crippen molar-refractivity contribution >= 4 is 11.6 Å². The van der Waals surface area contributed by atoms with Crippen LogP contribution in [0.4, 0.5) is 5.69 Å². The number of hydrogen-bond acceptors (Lipinski definition) is 3. The Bertz CT molecular complexity index is 579. The molecule has 0 spiro atoms. The number of amides is 1. The Morgan fingerprint density at radius 2 is 2.25 bits per heavy atom. The molecule has 1 aliphatic rings. The number of benzene rings is 1. The van der Waals surface area contributed by atoms with Crippen molar-refractivity contribution in [2.24, 2.45) is 0 Å². The first-order chi connectivity index (χ1) is 9.84. The fraction of sp³-hybridized carbons (Fsp3) is 0.333. The van der Waals surface area contributed by atoms with Gasteiger partial charge >= 0.3 is 0 Å². The van der Waals surface area contributed by atoms with Gasteiger partial charge in [-0.1, -0.05) is 18.2 Å². The summed E-state index contributed by atoms with van der Waals surface area (Å²) in [5.74, 6) is 0.122. The lowest BCUT2D eigenvalue weighted by molar-refractivity contribution is -0.117. The Morgan fingerprint density at radius 3 is 3.10 bits per heavy atom. The lowest BCUT2D eigenvalue weighted by Gasteiger charge is -2.29. The summed E-state index contributed by atoms with van der Waals surface area (Å²) >= 11 is 0. The molecule has 0 fully saturated rings. The summed E-state index contributed by atoms with van der Waals surface area (Å²) in [6.45, 7) is 1.77. The second-order valence-corrected chi connectivity index (χ2v) is 4.96. The first-order valence-corrected chi connectivity index (χ1v) is 6.92. The van der Waals surface area contributed by atoms with Crippen LogP contribution in [0.2, 0.25) is 0 Å². The van der Waals surface area contributed by atoms with E-state index in [-0.39, 0.29) is 5.91 Å². The number of aromatic amines is 1. The van der Waals surface area contributed by atoms with E-state index in [0.29, 0.717) is 13.1 Å². The minimum Gasteiger partial charge on any atom is -0.311 e. The molecule has 0 bridgehead atoms. The number of aromatic nitrogens is 2. The highest BCUT2D eigenvalue weighted by Crippen LogP contribution is 2.26. The van der Waals surface area contributed by atoms with E-state index < -0.39 is 0 Å². The minimum atomic E-state index is 0.122. The highest BCUT2D eigenvalue weighted by atomic mass is 16.2. The molecule has 0 aliphatic carbocycles. The molecule has 3 rings (SSSR count). The SMILES string of the molecule is O=C(CNCc1ccn[nH]1)N1CCCc2ccccc21. The number of aryl methyl sites for hydroxylation is 1. The van der Waals surface area contributed by atoms with Crippen LogP contribution in [0.1, 0.15) is 17.7 Å². The number of carbonyl (C=O) groups excluding carboxylic acids is 1. The van der Waals surface area contributed by atoms with Crippen LogP contribution in [0.15, 0.2) is 36.5 Å². The number of H-pyrrole nitrogens is 1. The topological polar surface area (TPSA) is 61.0 Å². The maximum atomic E-state index is 12.3.